The van der Waals surface area contributed by atoms with Crippen molar-refractivity contribution in [1.29, 1.82) is 0 Å². The van der Waals surface area contributed by atoms with Gasteiger partial charge in [0.25, 0.3) is 0 Å². The molecule has 0 heterocycles. The fourth-order valence-electron chi connectivity index (χ4n) is 1.43. The molecule has 1 N–H and O–H groups in total. The zero-order valence-electron chi connectivity index (χ0n) is 9.84. The van der Waals surface area contributed by atoms with Gasteiger partial charge in [-0.05, 0) is 56.6 Å². The van der Waals surface area contributed by atoms with E-state index in [1.54, 1.807) is 12.1 Å². The summed E-state index contributed by atoms with van der Waals surface area (Å²) in [5.74, 6) is 0.520. The first-order valence-electron chi connectivity index (χ1n) is 5.92. The Morgan fingerprint density at radius 3 is 2.56 bits per heavy atom. The fourth-order valence-corrected chi connectivity index (χ4v) is 1.43. The van der Waals surface area contributed by atoms with Gasteiger partial charge in [0.2, 0.25) is 0 Å². The van der Waals surface area contributed by atoms with E-state index in [-0.39, 0.29) is 5.82 Å². The number of hydrogen-bond acceptors (Lipinski definition) is 2. The van der Waals surface area contributed by atoms with Crippen molar-refractivity contribution in [3.63, 3.8) is 0 Å². The maximum Gasteiger partial charge on any atom is 0.123 e. The average Bonchev–Trinajstić information content (AvgIpc) is 2.30. The summed E-state index contributed by atoms with van der Waals surface area (Å²) in [5.41, 5.74) is 0. The highest BCUT2D eigenvalue weighted by Gasteiger charge is 1.94. The third kappa shape index (κ3) is 5.71. The van der Waals surface area contributed by atoms with Gasteiger partial charge in [-0.25, -0.2) is 4.39 Å². The van der Waals surface area contributed by atoms with Crippen molar-refractivity contribution in [1.82, 2.24) is 5.32 Å². The molecule has 90 valence electrons. The van der Waals surface area contributed by atoms with Crippen LogP contribution in [-0.4, -0.2) is 19.7 Å². The largest absolute Gasteiger partial charge is 0.494 e. The Balaban J connectivity index is 2.01. The first-order chi connectivity index (χ1) is 7.83. The van der Waals surface area contributed by atoms with Crippen molar-refractivity contribution < 1.29 is 9.13 Å². The van der Waals surface area contributed by atoms with Gasteiger partial charge in [0, 0.05) is 0 Å². The normalized spacial score (nSPS) is 10.4. The number of unbranched alkanes of at least 4 members (excludes halogenated alkanes) is 2. The second-order valence-corrected chi connectivity index (χ2v) is 3.72. The summed E-state index contributed by atoms with van der Waals surface area (Å²) in [4.78, 5) is 0. The van der Waals surface area contributed by atoms with Crippen LogP contribution in [0, 0.1) is 5.82 Å². The van der Waals surface area contributed by atoms with Gasteiger partial charge >= 0.3 is 0 Å². The Hall–Kier alpha value is -1.09. The summed E-state index contributed by atoms with van der Waals surface area (Å²) < 4.78 is 18.1. The summed E-state index contributed by atoms with van der Waals surface area (Å²) >= 11 is 0. The van der Waals surface area contributed by atoms with Gasteiger partial charge < -0.3 is 10.1 Å². The monoisotopic (exact) mass is 225 g/mol. The third-order valence-electron chi connectivity index (χ3n) is 2.33. The Kier molecular flexibility index (Phi) is 6.58. The maximum atomic E-state index is 12.6. The van der Waals surface area contributed by atoms with Crippen molar-refractivity contribution in [3.05, 3.63) is 30.1 Å². The predicted octanol–water partition coefficient (Wildman–Crippen LogP) is 2.98. The predicted molar refractivity (Wildman–Crippen MR) is 64.3 cm³/mol. The summed E-state index contributed by atoms with van der Waals surface area (Å²) in [7, 11) is 0. The Labute approximate surface area is 96.8 Å². The van der Waals surface area contributed by atoms with Crippen LogP contribution in [0.5, 0.6) is 5.75 Å². The maximum absolute atomic E-state index is 12.6. The molecular weight excluding hydrogens is 205 g/mol. The van der Waals surface area contributed by atoms with Crippen LogP contribution in [-0.2, 0) is 0 Å². The second-order valence-electron chi connectivity index (χ2n) is 3.72. The second kappa shape index (κ2) is 8.11. The summed E-state index contributed by atoms with van der Waals surface area (Å²) in [6.07, 6.45) is 3.39. The van der Waals surface area contributed by atoms with Crippen LogP contribution in [0.25, 0.3) is 0 Å². The topological polar surface area (TPSA) is 21.3 Å². The molecule has 0 bridgehead atoms. The number of benzene rings is 1. The molecular formula is C13H20FNO. The minimum Gasteiger partial charge on any atom is -0.494 e. The lowest BCUT2D eigenvalue weighted by Crippen LogP contribution is -2.14. The summed E-state index contributed by atoms with van der Waals surface area (Å²) in [6.45, 7) is 4.93. The van der Waals surface area contributed by atoms with Crippen LogP contribution in [0.1, 0.15) is 26.2 Å². The van der Waals surface area contributed by atoms with Crippen molar-refractivity contribution >= 4 is 0 Å². The van der Waals surface area contributed by atoms with Crippen molar-refractivity contribution in [2.24, 2.45) is 0 Å². The van der Waals surface area contributed by atoms with Gasteiger partial charge in [-0.2, -0.15) is 0 Å². The number of hydrogen-bond donors (Lipinski definition) is 1. The number of nitrogens with one attached hydrogen (secondary N) is 1. The zero-order chi connectivity index (χ0) is 11.6. The molecule has 0 spiro atoms. The molecule has 0 amide bonds. The molecule has 1 aromatic carbocycles. The van der Waals surface area contributed by atoms with Crippen molar-refractivity contribution in [2.75, 3.05) is 19.7 Å². The SMILES string of the molecule is CCNCCCCCOc1ccc(F)cc1. The molecule has 3 heteroatoms. The molecule has 0 saturated heterocycles. The lowest BCUT2D eigenvalue weighted by atomic mass is 10.2. The van der Waals surface area contributed by atoms with Crippen LogP contribution in [0.2, 0.25) is 0 Å². The van der Waals surface area contributed by atoms with E-state index in [0.717, 1.165) is 31.7 Å². The van der Waals surface area contributed by atoms with Gasteiger partial charge in [-0.15, -0.1) is 0 Å². The number of rotatable bonds is 8. The molecule has 0 aromatic heterocycles. The van der Waals surface area contributed by atoms with Crippen LogP contribution >= 0.6 is 0 Å². The van der Waals surface area contributed by atoms with E-state index >= 15 is 0 Å². The zero-order valence-corrected chi connectivity index (χ0v) is 9.84. The first kappa shape index (κ1) is 13.0. The first-order valence-corrected chi connectivity index (χ1v) is 5.92. The lowest BCUT2D eigenvalue weighted by molar-refractivity contribution is 0.304. The van der Waals surface area contributed by atoms with E-state index in [0.29, 0.717) is 6.61 Å². The minimum absolute atomic E-state index is 0.224. The molecule has 1 rings (SSSR count). The molecule has 0 aliphatic rings. The van der Waals surface area contributed by atoms with Crippen LogP contribution in [0.4, 0.5) is 4.39 Å². The minimum atomic E-state index is -0.224. The van der Waals surface area contributed by atoms with E-state index in [4.69, 9.17) is 4.74 Å². The van der Waals surface area contributed by atoms with Gasteiger partial charge in [0.1, 0.15) is 11.6 Å². The number of ether oxygens (including phenoxy) is 1. The Morgan fingerprint density at radius 1 is 1.12 bits per heavy atom. The van der Waals surface area contributed by atoms with Gasteiger partial charge in [-0.3, -0.25) is 0 Å². The fraction of sp³-hybridized carbons (Fsp3) is 0.538. The van der Waals surface area contributed by atoms with Gasteiger partial charge in [0.15, 0.2) is 0 Å². The standard InChI is InChI=1S/C13H20FNO/c1-2-15-10-4-3-5-11-16-13-8-6-12(14)7-9-13/h6-9,15H,2-5,10-11H2,1H3. The van der Waals surface area contributed by atoms with E-state index in [1.165, 1.54) is 18.6 Å². The highest BCUT2D eigenvalue weighted by molar-refractivity contribution is 5.21. The van der Waals surface area contributed by atoms with Gasteiger partial charge in [0.05, 0.1) is 6.61 Å². The molecule has 0 radical (unpaired) electrons. The van der Waals surface area contributed by atoms with E-state index in [2.05, 4.69) is 12.2 Å². The van der Waals surface area contributed by atoms with E-state index in [9.17, 15) is 4.39 Å². The van der Waals surface area contributed by atoms with Crippen LogP contribution in [0.3, 0.4) is 0 Å². The van der Waals surface area contributed by atoms with Gasteiger partial charge in [-0.1, -0.05) is 6.92 Å². The summed E-state index contributed by atoms with van der Waals surface area (Å²) in [5, 5.41) is 3.28. The van der Waals surface area contributed by atoms with Crippen LogP contribution < -0.4 is 10.1 Å². The third-order valence-corrected chi connectivity index (χ3v) is 2.33. The highest BCUT2D eigenvalue weighted by atomic mass is 19.1. The Bertz CT molecular complexity index is 274. The molecule has 0 aliphatic heterocycles. The summed E-state index contributed by atoms with van der Waals surface area (Å²) in [6, 6.07) is 6.16. The smallest absolute Gasteiger partial charge is 0.123 e. The van der Waals surface area contributed by atoms with E-state index in [1.807, 2.05) is 0 Å². The van der Waals surface area contributed by atoms with Crippen molar-refractivity contribution in [3.8, 4) is 5.75 Å². The molecule has 0 aliphatic carbocycles. The lowest BCUT2D eigenvalue weighted by Gasteiger charge is -2.06. The molecule has 0 unspecified atom stereocenters. The van der Waals surface area contributed by atoms with Crippen LogP contribution in [0.15, 0.2) is 24.3 Å². The van der Waals surface area contributed by atoms with E-state index < -0.39 is 0 Å². The number of halogens is 1. The quantitative estimate of drug-likeness (QED) is 0.687. The average molecular weight is 225 g/mol. The molecule has 1 aromatic rings. The molecule has 0 fully saturated rings. The molecule has 2 nitrogen and oxygen atoms in total. The Morgan fingerprint density at radius 2 is 1.88 bits per heavy atom. The molecule has 16 heavy (non-hydrogen) atoms. The molecule has 0 saturated carbocycles. The molecule has 0 atom stereocenters. The van der Waals surface area contributed by atoms with Crippen molar-refractivity contribution in [2.45, 2.75) is 26.2 Å². The highest BCUT2D eigenvalue weighted by Crippen LogP contribution is 2.11.